The van der Waals surface area contributed by atoms with Crippen LogP contribution in [0.1, 0.15) is 59.3 Å². The van der Waals surface area contributed by atoms with Gasteiger partial charge in [0, 0.05) is 47.2 Å². The molecule has 3 aromatic rings. The first-order valence-electron chi connectivity index (χ1n) is 14.2. The van der Waals surface area contributed by atoms with Crippen molar-refractivity contribution in [2.45, 2.75) is 38.0 Å². The minimum absolute atomic E-state index is 0.150. The van der Waals surface area contributed by atoms with Crippen LogP contribution in [0.3, 0.4) is 0 Å². The maximum absolute atomic E-state index is 12.8. The number of aromatic nitrogens is 1. The van der Waals surface area contributed by atoms with Gasteiger partial charge in [0.25, 0.3) is 0 Å². The van der Waals surface area contributed by atoms with Gasteiger partial charge in [0.2, 0.25) is 0 Å². The Morgan fingerprint density at radius 1 is 1.16 bits per heavy atom. The van der Waals surface area contributed by atoms with Crippen LogP contribution >= 0.6 is 0 Å². The molecule has 7 nitrogen and oxygen atoms in total. The number of rotatable bonds is 6. The fourth-order valence-corrected chi connectivity index (χ4v) is 3.53. The Morgan fingerprint density at radius 2 is 1.94 bits per heavy atom. The van der Waals surface area contributed by atoms with Crippen molar-refractivity contribution in [1.29, 1.82) is 0 Å². The molecule has 0 atom stereocenters. The molecule has 0 radical (unpaired) electrons. The summed E-state index contributed by atoms with van der Waals surface area (Å²) in [5, 5.41) is 3.02. The van der Waals surface area contributed by atoms with Crippen LogP contribution in [0.5, 0.6) is 5.75 Å². The van der Waals surface area contributed by atoms with Crippen LogP contribution in [0.2, 0.25) is 0 Å². The molecule has 4 rings (SSSR count). The lowest BCUT2D eigenvalue weighted by Gasteiger charge is -2.12. The van der Waals surface area contributed by atoms with E-state index in [-0.39, 0.29) is 5.69 Å². The molecule has 0 spiro atoms. The molecule has 7 heteroatoms. The van der Waals surface area contributed by atoms with Crippen LogP contribution in [0.15, 0.2) is 42.6 Å². The number of nitrogens with zero attached hydrogens (tertiary/aromatic N) is 1. The predicted octanol–water partition coefficient (Wildman–Crippen LogP) is 5.06. The maximum Gasteiger partial charge on any atom is 0.411 e. The third-order valence-corrected chi connectivity index (χ3v) is 5.02. The number of aryl methyl sites for hydroxylation is 1. The normalized spacial score (nSPS) is 25.3. The van der Waals surface area contributed by atoms with Gasteiger partial charge >= 0.3 is 12.1 Å². The summed E-state index contributed by atoms with van der Waals surface area (Å²) >= 11 is 0. The zero-order valence-corrected chi connectivity index (χ0v) is 17.7. The Balaban J connectivity index is 1.63. The highest BCUT2D eigenvalue weighted by atomic mass is 16.6. The number of ether oxygens (including phenoxy) is 3. The van der Waals surface area contributed by atoms with E-state index in [2.05, 4.69) is 5.32 Å². The Labute approximate surface area is 199 Å². The molecule has 0 aliphatic heterocycles. The van der Waals surface area contributed by atoms with Crippen LogP contribution in [0.25, 0.3) is 10.9 Å². The smallest absolute Gasteiger partial charge is 0.411 e. The fourth-order valence-electron chi connectivity index (χ4n) is 3.53. The van der Waals surface area contributed by atoms with E-state index in [1.165, 1.54) is 20.3 Å². The second-order valence-corrected chi connectivity index (χ2v) is 7.04. The standard InChI is InChI=1S/C25H28N2O5/c1-27-15-18(12-16-8-9-17(24(28)31-3)13-23(16)30-2)21-14-19(10-11-22(21)27)26-25(29)32-20-6-4-5-7-20/h8-11,13-15,20H,4-7,12H2,1-3H3,(H,26,29)/i4D2,5D2,6D2,7D2,20D. The van der Waals surface area contributed by atoms with Gasteiger partial charge in [-0.2, -0.15) is 0 Å². The molecule has 1 aromatic heterocycles. The summed E-state index contributed by atoms with van der Waals surface area (Å²) in [6.07, 6.45) is -16.8. The molecule has 2 aromatic carbocycles. The molecule has 32 heavy (non-hydrogen) atoms. The highest BCUT2D eigenvalue weighted by molar-refractivity contribution is 5.92. The summed E-state index contributed by atoms with van der Waals surface area (Å²) in [5.41, 5.74) is 2.82. The molecule has 1 heterocycles. The Kier molecular flexibility index (Phi) is 3.84. The Hall–Kier alpha value is -3.48. The summed E-state index contributed by atoms with van der Waals surface area (Å²) in [5.74, 6) is -0.0496. The van der Waals surface area contributed by atoms with Crippen molar-refractivity contribution in [2.75, 3.05) is 19.5 Å². The maximum atomic E-state index is 12.8. The zero-order valence-electron chi connectivity index (χ0n) is 26.7. The van der Waals surface area contributed by atoms with Gasteiger partial charge in [0.15, 0.2) is 0 Å². The summed E-state index contributed by atoms with van der Waals surface area (Å²) in [4.78, 5) is 24.7. The number of benzene rings is 2. The van der Waals surface area contributed by atoms with E-state index in [0.717, 1.165) is 16.6 Å². The number of esters is 1. The van der Waals surface area contributed by atoms with Gasteiger partial charge in [-0.25, -0.2) is 9.59 Å². The second-order valence-electron chi connectivity index (χ2n) is 7.04. The number of amides is 1. The molecule has 1 aliphatic carbocycles. The summed E-state index contributed by atoms with van der Waals surface area (Å²) in [7, 11) is 4.57. The van der Waals surface area contributed by atoms with E-state index in [1.807, 2.05) is 17.8 Å². The molecule has 1 saturated carbocycles. The minimum atomic E-state index is -3.55. The molecule has 168 valence electrons. The number of hydrogen-bond acceptors (Lipinski definition) is 5. The van der Waals surface area contributed by atoms with Gasteiger partial charge in [-0.15, -0.1) is 0 Å². The van der Waals surface area contributed by atoms with Gasteiger partial charge in [-0.3, -0.25) is 5.32 Å². The van der Waals surface area contributed by atoms with Crippen LogP contribution in [0, 0.1) is 0 Å². The van der Waals surface area contributed by atoms with E-state index in [4.69, 9.17) is 26.5 Å². The monoisotopic (exact) mass is 445 g/mol. The molecule has 1 N–H and O–H groups in total. The van der Waals surface area contributed by atoms with Crippen LogP contribution in [-0.4, -0.2) is 36.9 Å². The average molecular weight is 446 g/mol. The largest absolute Gasteiger partial charge is 0.496 e. The number of hydrogen-bond donors (Lipinski definition) is 1. The Morgan fingerprint density at radius 3 is 2.66 bits per heavy atom. The molecular weight excluding hydrogens is 408 g/mol. The summed E-state index contributed by atoms with van der Waals surface area (Å²) in [6, 6.07) is 9.70. The lowest BCUT2D eigenvalue weighted by atomic mass is 10.0. The first-order valence-corrected chi connectivity index (χ1v) is 9.69. The van der Waals surface area contributed by atoms with Crippen molar-refractivity contribution in [1.82, 2.24) is 4.57 Å². The van der Waals surface area contributed by atoms with Crippen molar-refractivity contribution < 1.29 is 36.1 Å². The van der Waals surface area contributed by atoms with Gasteiger partial charge in [0.05, 0.1) is 21.2 Å². The van der Waals surface area contributed by atoms with E-state index >= 15 is 0 Å². The second kappa shape index (κ2) is 9.34. The number of carbonyl (C=O) groups excluding carboxylic acids is 2. The third kappa shape index (κ3) is 4.56. The fraction of sp³-hybridized carbons (Fsp3) is 0.360. The van der Waals surface area contributed by atoms with Gasteiger partial charge < -0.3 is 18.8 Å². The molecule has 0 unspecified atom stereocenters. The van der Waals surface area contributed by atoms with Gasteiger partial charge in [-0.1, -0.05) is 6.07 Å². The molecule has 1 fully saturated rings. The van der Waals surface area contributed by atoms with Crippen molar-refractivity contribution in [3.8, 4) is 5.75 Å². The summed E-state index contributed by atoms with van der Waals surface area (Å²) < 4.78 is 88.8. The lowest BCUT2D eigenvalue weighted by molar-refractivity contribution is 0.0600. The van der Waals surface area contributed by atoms with E-state index in [1.54, 1.807) is 30.3 Å². The molecule has 1 aliphatic rings. The zero-order chi connectivity index (χ0) is 30.8. The molecule has 0 bridgehead atoms. The van der Waals surface area contributed by atoms with Crippen molar-refractivity contribution >= 4 is 28.7 Å². The minimum Gasteiger partial charge on any atom is -0.496 e. The predicted molar refractivity (Wildman–Crippen MR) is 122 cm³/mol. The topological polar surface area (TPSA) is 78.8 Å². The average Bonchev–Trinajstić information content (AvgIpc) is 3.23. The van der Waals surface area contributed by atoms with E-state index in [9.17, 15) is 9.59 Å². The van der Waals surface area contributed by atoms with Crippen molar-refractivity contribution in [3.63, 3.8) is 0 Å². The number of anilines is 1. The quantitative estimate of drug-likeness (QED) is 0.537. The first kappa shape index (κ1) is 13.2. The number of methoxy groups -OCH3 is 2. The van der Waals surface area contributed by atoms with Gasteiger partial charge in [0.1, 0.15) is 11.8 Å². The molecular formula is C25H28N2O5. The third-order valence-electron chi connectivity index (χ3n) is 5.02. The highest BCUT2D eigenvalue weighted by Gasteiger charge is 2.19. The van der Waals surface area contributed by atoms with Crippen LogP contribution in [-0.2, 0) is 22.9 Å². The number of nitrogens with one attached hydrogen (secondary N) is 1. The van der Waals surface area contributed by atoms with Gasteiger partial charge in [-0.05, 0) is 67.0 Å². The lowest BCUT2D eigenvalue weighted by Crippen LogP contribution is -2.20. The summed E-state index contributed by atoms with van der Waals surface area (Å²) in [6.45, 7) is 0. The van der Waals surface area contributed by atoms with E-state index < -0.39 is 43.6 Å². The van der Waals surface area contributed by atoms with Crippen molar-refractivity contribution in [2.24, 2.45) is 7.05 Å². The van der Waals surface area contributed by atoms with Crippen LogP contribution in [0.4, 0.5) is 10.5 Å². The molecule has 0 saturated heterocycles. The SMILES string of the molecule is [2H]C1([2H])C([2H])([2H])C([2H])([2H])C([2H])(OC(=O)Nc2ccc3c(c2)c(Cc2ccc(C(=O)OC)cc2OC)cn3C)C1([2H])[2H]. The Bertz CT molecular complexity index is 1510. The highest BCUT2D eigenvalue weighted by Crippen LogP contribution is 2.30. The van der Waals surface area contributed by atoms with Crippen LogP contribution < -0.4 is 10.1 Å². The van der Waals surface area contributed by atoms with Crippen molar-refractivity contribution in [3.05, 3.63) is 59.3 Å². The molecule has 1 amide bonds. The first-order chi connectivity index (χ1) is 18.9. The van der Waals surface area contributed by atoms with E-state index in [0.29, 0.717) is 23.1 Å². The number of fused-ring (bicyclic) bond motifs is 1. The number of carbonyl (C=O) groups is 2.